The van der Waals surface area contributed by atoms with E-state index in [1.807, 2.05) is 0 Å². The lowest BCUT2D eigenvalue weighted by Crippen LogP contribution is -2.32. The Morgan fingerprint density at radius 2 is 2.27 bits per heavy atom. The molecule has 4 nitrogen and oxygen atoms in total. The zero-order valence-electron chi connectivity index (χ0n) is 6.42. The molecule has 0 fully saturated rings. The zero-order valence-corrected chi connectivity index (χ0v) is 6.42. The summed E-state index contributed by atoms with van der Waals surface area (Å²) < 4.78 is 4.17. The average molecular weight is 157 g/mol. The number of hydrogen-bond acceptors (Lipinski definition) is 3. The average Bonchev–Trinajstić information content (AvgIpc) is 2.03. The van der Waals surface area contributed by atoms with Crippen molar-refractivity contribution in [3.63, 3.8) is 0 Å². The van der Waals surface area contributed by atoms with E-state index in [1.54, 1.807) is 6.08 Å². The van der Waals surface area contributed by atoms with Crippen LogP contribution in [-0.2, 0) is 14.3 Å². The van der Waals surface area contributed by atoms with Crippen molar-refractivity contribution in [3.8, 4) is 0 Å². The third-order valence-electron chi connectivity index (χ3n) is 1.00. The molecular weight excluding hydrogens is 146 g/mol. The molecule has 0 aliphatic rings. The molecule has 11 heavy (non-hydrogen) atoms. The van der Waals surface area contributed by atoms with Gasteiger partial charge >= 0.3 is 11.9 Å². The van der Waals surface area contributed by atoms with E-state index in [0.29, 0.717) is 13.0 Å². The number of hydrogen-bond donors (Lipinski definition) is 1. The highest BCUT2D eigenvalue weighted by Gasteiger charge is 2.11. The summed E-state index contributed by atoms with van der Waals surface area (Å²) >= 11 is 0. The van der Waals surface area contributed by atoms with Crippen LogP contribution in [0.5, 0.6) is 0 Å². The van der Waals surface area contributed by atoms with Gasteiger partial charge in [0.1, 0.15) is 0 Å². The predicted octanol–water partition coefficient (Wildman–Crippen LogP) is -0.148. The summed E-state index contributed by atoms with van der Waals surface area (Å²) in [5, 5.41) is 2.35. The van der Waals surface area contributed by atoms with E-state index >= 15 is 0 Å². The molecule has 1 amide bonds. The van der Waals surface area contributed by atoms with Gasteiger partial charge in [0.25, 0.3) is 0 Å². The summed E-state index contributed by atoms with van der Waals surface area (Å²) in [4.78, 5) is 21.1. The molecule has 0 saturated heterocycles. The third-order valence-corrected chi connectivity index (χ3v) is 1.00. The van der Waals surface area contributed by atoms with Gasteiger partial charge in [-0.2, -0.15) is 0 Å². The lowest BCUT2D eigenvalue weighted by molar-refractivity contribution is -0.152. The van der Waals surface area contributed by atoms with Crippen LogP contribution in [0, 0.1) is 0 Å². The fraction of sp³-hybridized carbons (Fsp3) is 0.429. The fourth-order valence-electron chi connectivity index (χ4n) is 0.453. The SMILES string of the molecule is C=CCCNC(=O)C(=O)OC. The molecule has 0 aromatic heterocycles. The second kappa shape index (κ2) is 5.46. The van der Waals surface area contributed by atoms with Crippen LogP contribution < -0.4 is 5.32 Å². The highest BCUT2D eigenvalue weighted by molar-refractivity contribution is 6.32. The molecular formula is C7H11NO3. The highest BCUT2D eigenvalue weighted by atomic mass is 16.5. The van der Waals surface area contributed by atoms with Crippen molar-refractivity contribution in [1.29, 1.82) is 0 Å². The first kappa shape index (κ1) is 9.68. The van der Waals surface area contributed by atoms with Gasteiger partial charge in [0.15, 0.2) is 0 Å². The van der Waals surface area contributed by atoms with Crippen LogP contribution in [0.25, 0.3) is 0 Å². The van der Waals surface area contributed by atoms with Crippen LogP contribution in [0.15, 0.2) is 12.7 Å². The summed E-state index contributed by atoms with van der Waals surface area (Å²) in [6.07, 6.45) is 2.29. The summed E-state index contributed by atoms with van der Waals surface area (Å²) in [5.74, 6) is -1.58. The lowest BCUT2D eigenvalue weighted by Gasteiger charge is -1.99. The summed E-state index contributed by atoms with van der Waals surface area (Å²) in [5.41, 5.74) is 0. The largest absolute Gasteiger partial charge is 0.462 e. The summed E-state index contributed by atoms with van der Waals surface area (Å²) in [6.45, 7) is 3.87. The molecule has 62 valence electrons. The van der Waals surface area contributed by atoms with Gasteiger partial charge in [-0.1, -0.05) is 6.08 Å². The van der Waals surface area contributed by atoms with Gasteiger partial charge in [-0.15, -0.1) is 6.58 Å². The van der Waals surface area contributed by atoms with E-state index in [9.17, 15) is 9.59 Å². The second-order valence-electron chi connectivity index (χ2n) is 1.82. The molecule has 0 aliphatic heterocycles. The molecule has 0 saturated carbocycles. The Morgan fingerprint density at radius 1 is 1.64 bits per heavy atom. The van der Waals surface area contributed by atoms with Crippen LogP contribution in [0.4, 0.5) is 0 Å². The highest BCUT2D eigenvalue weighted by Crippen LogP contribution is 1.77. The van der Waals surface area contributed by atoms with Crippen LogP contribution in [-0.4, -0.2) is 25.5 Å². The number of carbonyl (C=O) groups excluding carboxylic acids is 2. The van der Waals surface area contributed by atoms with E-state index in [0.717, 1.165) is 7.11 Å². The van der Waals surface area contributed by atoms with Gasteiger partial charge in [0.2, 0.25) is 0 Å². The maximum absolute atomic E-state index is 10.6. The second-order valence-corrected chi connectivity index (χ2v) is 1.82. The summed E-state index contributed by atoms with van der Waals surface area (Å²) in [7, 11) is 1.16. The quantitative estimate of drug-likeness (QED) is 0.268. The van der Waals surface area contributed by atoms with Crippen LogP contribution in [0.1, 0.15) is 6.42 Å². The Bertz CT molecular complexity index is 165. The molecule has 0 rings (SSSR count). The topological polar surface area (TPSA) is 55.4 Å². The fourth-order valence-corrected chi connectivity index (χ4v) is 0.453. The molecule has 1 N–H and O–H groups in total. The Hall–Kier alpha value is -1.32. The first-order valence-corrected chi connectivity index (χ1v) is 3.19. The number of ether oxygens (including phenoxy) is 1. The van der Waals surface area contributed by atoms with Crippen molar-refractivity contribution >= 4 is 11.9 Å². The van der Waals surface area contributed by atoms with E-state index in [1.165, 1.54) is 0 Å². The molecule has 0 aliphatic carbocycles. The first-order chi connectivity index (χ1) is 5.22. The number of esters is 1. The van der Waals surface area contributed by atoms with Crippen LogP contribution in [0.2, 0.25) is 0 Å². The van der Waals surface area contributed by atoms with Crippen molar-refractivity contribution in [1.82, 2.24) is 5.32 Å². The number of nitrogens with one attached hydrogen (secondary N) is 1. The predicted molar refractivity (Wildman–Crippen MR) is 39.8 cm³/mol. The molecule has 0 spiro atoms. The van der Waals surface area contributed by atoms with Crippen LogP contribution in [0.3, 0.4) is 0 Å². The van der Waals surface area contributed by atoms with Crippen molar-refractivity contribution in [2.45, 2.75) is 6.42 Å². The minimum Gasteiger partial charge on any atom is -0.462 e. The molecule has 0 bridgehead atoms. The Morgan fingerprint density at radius 3 is 2.73 bits per heavy atom. The lowest BCUT2D eigenvalue weighted by atomic mass is 10.4. The number of amides is 1. The van der Waals surface area contributed by atoms with Crippen molar-refractivity contribution in [2.24, 2.45) is 0 Å². The zero-order chi connectivity index (χ0) is 8.69. The van der Waals surface area contributed by atoms with Gasteiger partial charge in [0.05, 0.1) is 7.11 Å². The molecule has 4 heteroatoms. The molecule has 0 heterocycles. The maximum atomic E-state index is 10.6. The van der Waals surface area contributed by atoms with Crippen LogP contribution >= 0.6 is 0 Å². The minimum absolute atomic E-state index is 0.414. The number of rotatable bonds is 3. The molecule has 0 unspecified atom stereocenters. The van der Waals surface area contributed by atoms with Gasteiger partial charge in [-0.05, 0) is 6.42 Å². The van der Waals surface area contributed by atoms with Gasteiger partial charge < -0.3 is 10.1 Å². The monoisotopic (exact) mass is 157 g/mol. The third kappa shape index (κ3) is 4.13. The van der Waals surface area contributed by atoms with Crippen molar-refractivity contribution < 1.29 is 14.3 Å². The van der Waals surface area contributed by atoms with Gasteiger partial charge in [0, 0.05) is 6.54 Å². The number of carbonyl (C=O) groups is 2. The molecule has 0 aromatic rings. The normalized spacial score (nSPS) is 8.45. The first-order valence-electron chi connectivity index (χ1n) is 3.19. The van der Waals surface area contributed by atoms with Crippen molar-refractivity contribution in [2.75, 3.05) is 13.7 Å². The van der Waals surface area contributed by atoms with Gasteiger partial charge in [-0.3, -0.25) is 4.79 Å². The molecule has 0 aromatic carbocycles. The van der Waals surface area contributed by atoms with E-state index in [4.69, 9.17) is 0 Å². The van der Waals surface area contributed by atoms with E-state index in [2.05, 4.69) is 16.6 Å². The van der Waals surface area contributed by atoms with E-state index in [-0.39, 0.29) is 0 Å². The van der Waals surface area contributed by atoms with Gasteiger partial charge in [-0.25, -0.2) is 4.79 Å². The Balaban J connectivity index is 3.52. The smallest absolute Gasteiger partial charge is 0.396 e. The molecule has 0 radical (unpaired) electrons. The maximum Gasteiger partial charge on any atom is 0.396 e. The molecule has 0 atom stereocenters. The van der Waals surface area contributed by atoms with Crippen molar-refractivity contribution in [3.05, 3.63) is 12.7 Å². The number of methoxy groups -OCH3 is 1. The standard InChI is InChI=1S/C7H11NO3/c1-3-4-5-8-6(9)7(10)11-2/h3H,1,4-5H2,2H3,(H,8,9). The minimum atomic E-state index is -0.867. The summed E-state index contributed by atoms with van der Waals surface area (Å²) in [6, 6.07) is 0. The Labute approximate surface area is 65.2 Å². The van der Waals surface area contributed by atoms with E-state index < -0.39 is 11.9 Å². The Kier molecular flexibility index (Phi) is 4.81.